The minimum absolute atomic E-state index is 0.0243. The van der Waals surface area contributed by atoms with Crippen LogP contribution < -0.4 is 5.73 Å². The van der Waals surface area contributed by atoms with Crippen molar-refractivity contribution in [3.63, 3.8) is 0 Å². The van der Waals surface area contributed by atoms with Crippen molar-refractivity contribution in [3.05, 3.63) is 70.3 Å². The first-order valence-corrected chi connectivity index (χ1v) is 14.3. The molecule has 2 aliphatic rings. The lowest BCUT2D eigenvalue weighted by atomic mass is 9.92. The van der Waals surface area contributed by atoms with Crippen LogP contribution in [0.25, 0.3) is 0 Å². The topological polar surface area (TPSA) is 97.5 Å². The standard InChI is InChI=1S/C31H42N4O4/c1-2-3-4-5-6-7-18-39-29(36)23-34-15-14-26-21-27(12-13-28(26)31(34)32)30(37)25-10-8-24(9-11-25)22-33-35-16-19-38-20-17-35/h8-13,21-22,31H,2-7,14-20,23,32H2,1H3. The number of morpholine rings is 1. The number of unbranched alkanes of at least 4 members (excludes halogenated alkanes) is 5. The maximum absolute atomic E-state index is 13.2. The molecule has 0 saturated carbocycles. The molecule has 1 fully saturated rings. The monoisotopic (exact) mass is 534 g/mol. The van der Waals surface area contributed by atoms with E-state index in [-0.39, 0.29) is 18.3 Å². The Hall–Kier alpha value is -3.07. The molecule has 0 aliphatic carbocycles. The number of fused-ring (bicyclic) bond motifs is 1. The molecule has 1 atom stereocenters. The maximum atomic E-state index is 13.2. The highest BCUT2D eigenvalue weighted by Gasteiger charge is 2.27. The number of esters is 1. The first kappa shape index (κ1) is 28.9. The van der Waals surface area contributed by atoms with Crippen LogP contribution in [-0.2, 0) is 20.7 Å². The Morgan fingerprint density at radius 2 is 1.72 bits per heavy atom. The second kappa shape index (κ2) is 14.9. The third kappa shape index (κ3) is 8.46. The number of nitrogens with two attached hydrogens (primary N) is 1. The average molecular weight is 535 g/mol. The fourth-order valence-electron chi connectivity index (χ4n) is 5.01. The van der Waals surface area contributed by atoms with E-state index in [9.17, 15) is 9.59 Å². The van der Waals surface area contributed by atoms with E-state index in [4.69, 9.17) is 15.2 Å². The highest BCUT2D eigenvalue weighted by Crippen LogP contribution is 2.27. The Bertz CT molecular complexity index is 1110. The summed E-state index contributed by atoms with van der Waals surface area (Å²) >= 11 is 0. The highest BCUT2D eigenvalue weighted by atomic mass is 16.5. The van der Waals surface area contributed by atoms with Gasteiger partial charge in [-0.3, -0.25) is 19.5 Å². The van der Waals surface area contributed by atoms with Crippen molar-refractivity contribution in [1.29, 1.82) is 0 Å². The number of carbonyl (C=O) groups is 2. The number of carbonyl (C=O) groups excluding carboxylic acids is 2. The van der Waals surface area contributed by atoms with Crippen LogP contribution in [0.4, 0.5) is 0 Å². The zero-order valence-electron chi connectivity index (χ0n) is 23.1. The van der Waals surface area contributed by atoms with Crippen LogP contribution in [-0.4, -0.2) is 73.9 Å². The SMILES string of the molecule is CCCCCCCCOC(=O)CN1CCc2cc(C(=O)c3ccc(C=NN4CCOCC4)cc3)ccc2C1N. The van der Waals surface area contributed by atoms with E-state index in [1.54, 1.807) is 0 Å². The summed E-state index contributed by atoms with van der Waals surface area (Å²) in [6, 6.07) is 13.2. The van der Waals surface area contributed by atoms with Crippen molar-refractivity contribution in [2.24, 2.45) is 10.8 Å². The van der Waals surface area contributed by atoms with Crippen molar-refractivity contribution in [3.8, 4) is 0 Å². The van der Waals surface area contributed by atoms with Gasteiger partial charge >= 0.3 is 5.97 Å². The second-order valence-corrected chi connectivity index (χ2v) is 10.3. The summed E-state index contributed by atoms with van der Waals surface area (Å²) in [5, 5.41) is 6.48. The number of ketones is 1. The largest absolute Gasteiger partial charge is 0.465 e. The molecule has 1 saturated heterocycles. The van der Waals surface area contributed by atoms with Crippen LogP contribution >= 0.6 is 0 Å². The van der Waals surface area contributed by atoms with Gasteiger partial charge in [-0.1, -0.05) is 75.4 Å². The highest BCUT2D eigenvalue weighted by molar-refractivity contribution is 6.09. The predicted octanol–water partition coefficient (Wildman–Crippen LogP) is 4.30. The molecule has 0 aromatic heterocycles. The van der Waals surface area contributed by atoms with Gasteiger partial charge in [0.1, 0.15) is 0 Å². The predicted molar refractivity (Wildman–Crippen MR) is 153 cm³/mol. The van der Waals surface area contributed by atoms with Gasteiger partial charge in [-0.05, 0) is 35.6 Å². The number of hydrazone groups is 1. The Morgan fingerprint density at radius 3 is 2.49 bits per heavy atom. The number of hydrogen-bond donors (Lipinski definition) is 1. The molecule has 2 aromatic rings. The molecule has 2 aliphatic heterocycles. The van der Waals surface area contributed by atoms with E-state index >= 15 is 0 Å². The molecule has 210 valence electrons. The normalized spacial score (nSPS) is 17.8. The number of hydrogen-bond acceptors (Lipinski definition) is 8. The minimum atomic E-state index is -0.399. The molecule has 8 nitrogen and oxygen atoms in total. The van der Waals surface area contributed by atoms with Gasteiger partial charge in [0, 0.05) is 17.7 Å². The molecular weight excluding hydrogens is 492 g/mol. The molecule has 2 N–H and O–H groups in total. The van der Waals surface area contributed by atoms with Crippen molar-refractivity contribution in [2.75, 3.05) is 46.0 Å². The third-order valence-electron chi connectivity index (χ3n) is 7.41. The van der Waals surface area contributed by atoms with E-state index in [1.165, 1.54) is 25.7 Å². The Kier molecular flexibility index (Phi) is 11.1. The van der Waals surface area contributed by atoms with Crippen LogP contribution in [0.1, 0.15) is 84.2 Å². The smallest absolute Gasteiger partial charge is 0.320 e. The zero-order valence-corrected chi connectivity index (χ0v) is 23.1. The molecule has 1 unspecified atom stereocenters. The Balaban J connectivity index is 1.28. The fraction of sp³-hybridized carbons (Fsp3) is 0.516. The van der Waals surface area contributed by atoms with Crippen LogP contribution in [0.3, 0.4) is 0 Å². The zero-order chi connectivity index (χ0) is 27.5. The van der Waals surface area contributed by atoms with Crippen molar-refractivity contribution in [2.45, 2.75) is 58.0 Å². The summed E-state index contributed by atoms with van der Waals surface area (Å²) in [6.45, 7) is 6.46. The first-order chi connectivity index (χ1) is 19.0. The minimum Gasteiger partial charge on any atom is -0.465 e. The van der Waals surface area contributed by atoms with Gasteiger partial charge in [-0.25, -0.2) is 0 Å². The molecule has 0 spiro atoms. The van der Waals surface area contributed by atoms with Crippen LogP contribution in [0.2, 0.25) is 0 Å². The first-order valence-electron chi connectivity index (χ1n) is 14.3. The van der Waals surface area contributed by atoms with Gasteiger partial charge in [0.05, 0.1) is 51.8 Å². The third-order valence-corrected chi connectivity index (χ3v) is 7.41. The maximum Gasteiger partial charge on any atom is 0.320 e. The van der Waals surface area contributed by atoms with Crippen molar-refractivity contribution in [1.82, 2.24) is 9.91 Å². The lowest BCUT2D eigenvalue weighted by Crippen LogP contribution is -2.43. The van der Waals surface area contributed by atoms with Crippen LogP contribution in [0.15, 0.2) is 47.6 Å². The van der Waals surface area contributed by atoms with E-state index in [0.717, 1.165) is 49.0 Å². The summed E-state index contributed by atoms with van der Waals surface area (Å²) in [5.41, 5.74) is 10.7. The summed E-state index contributed by atoms with van der Waals surface area (Å²) in [6.07, 6.45) is 9.08. The molecule has 0 amide bonds. The lowest BCUT2D eigenvalue weighted by Gasteiger charge is -2.34. The quantitative estimate of drug-likeness (QED) is 0.177. The number of rotatable bonds is 13. The molecule has 2 heterocycles. The van der Waals surface area contributed by atoms with E-state index < -0.39 is 6.17 Å². The molecule has 39 heavy (non-hydrogen) atoms. The van der Waals surface area contributed by atoms with Gasteiger partial charge in [-0.2, -0.15) is 5.10 Å². The van der Waals surface area contributed by atoms with Gasteiger partial charge in [0.25, 0.3) is 0 Å². The molecule has 2 aromatic carbocycles. The number of ether oxygens (including phenoxy) is 2. The molecular formula is C31H42N4O4. The fourth-order valence-corrected chi connectivity index (χ4v) is 5.01. The van der Waals surface area contributed by atoms with E-state index in [1.807, 2.05) is 58.6 Å². The number of benzene rings is 2. The second-order valence-electron chi connectivity index (χ2n) is 10.3. The van der Waals surface area contributed by atoms with Gasteiger partial charge in [-0.15, -0.1) is 0 Å². The van der Waals surface area contributed by atoms with E-state index in [0.29, 0.717) is 37.5 Å². The summed E-state index contributed by atoms with van der Waals surface area (Å²) in [7, 11) is 0. The average Bonchev–Trinajstić information content (AvgIpc) is 2.97. The van der Waals surface area contributed by atoms with Crippen LogP contribution in [0, 0.1) is 0 Å². The van der Waals surface area contributed by atoms with Crippen LogP contribution in [0.5, 0.6) is 0 Å². The molecule has 0 bridgehead atoms. The van der Waals surface area contributed by atoms with Gasteiger partial charge in [0.15, 0.2) is 5.78 Å². The number of nitrogens with zero attached hydrogens (tertiary/aromatic N) is 3. The molecule has 0 radical (unpaired) electrons. The summed E-state index contributed by atoms with van der Waals surface area (Å²) in [4.78, 5) is 27.5. The van der Waals surface area contributed by atoms with Gasteiger partial charge in [0.2, 0.25) is 0 Å². The summed E-state index contributed by atoms with van der Waals surface area (Å²) < 4.78 is 10.8. The molecule has 4 rings (SSSR count). The molecule has 8 heteroatoms. The Morgan fingerprint density at radius 1 is 1.00 bits per heavy atom. The van der Waals surface area contributed by atoms with Crippen molar-refractivity contribution < 1.29 is 19.1 Å². The van der Waals surface area contributed by atoms with Gasteiger partial charge < -0.3 is 15.2 Å². The lowest BCUT2D eigenvalue weighted by molar-refractivity contribution is -0.145. The summed E-state index contributed by atoms with van der Waals surface area (Å²) in [5.74, 6) is -0.253. The van der Waals surface area contributed by atoms with Crippen molar-refractivity contribution >= 4 is 18.0 Å². The Labute approximate surface area is 232 Å². The van der Waals surface area contributed by atoms with E-state index in [2.05, 4.69) is 12.0 Å².